The van der Waals surface area contributed by atoms with Crippen molar-refractivity contribution >= 4 is 33.3 Å². The smallest absolute Gasteiger partial charge is 0.275 e. The van der Waals surface area contributed by atoms with Crippen molar-refractivity contribution in [2.75, 3.05) is 24.3 Å². The molecule has 1 aromatic heterocycles. The zero-order valence-electron chi connectivity index (χ0n) is 11.7. The summed E-state index contributed by atoms with van der Waals surface area (Å²) in [4.78, 5) is 20.3. The number of benzene rings is 1. The van der Waals surface area contributed by atoms with Crippen molar-refractivity contribution < 1.29 is 9.53 Å². The van der Waals surface area contributed by atoms with Crippen LogP contribution in [0, 0.1) is 0 Å². The Morgan fingerprint density at radius 1 is 1.29 bits per heavy atom. The topological polar surface area (TPSA) is 76.1 Å². The van der Waals surface area contributed by atoms with E-state index >= 15 is 0 Å². The summed E-state index contributed by atoms with van der Waals surface area (Å²) in [6.07, 6.45) is 2.96. The molecule has 0 aliphatic heterocycles. The number of carbonyl (C=O) groups excluding carboxylic acids is 1. The van der Waals surface area contributed by atoms with E-state index in [-0.39, 0.29) is 11.6 Å². The van der Waals surface area contributed by atoms with E-state index in [0.29, 0.717) is 17.3 Å². The van der Waals surface area contributed by atoms with Crippen LogP contribution in [0.1, 0.15) is 17.4 Å². The monoisotopic (exact) mass is 350 g/mol. The van der Waals surface area contributed by atoms with E-state index in [1.54, 1.807) is 25.3 Å². The van der Waals surface area contributed by atoms with Gasteiger partial charge in [0, 0.05) is 22.8 Å². The highest BCUT2D eigenvalue weighted by Crippen LogP contribution is 2.24. The highest BCUT2D eigenvalue weighted by Gasteiger charge is 2.09. The van der Waals surface area contributed by atoms with E-state index in [1.165, 1.54) is 12.4 Å². The molecule has 0 fully saturated rings. The molecule has 2 aromatic rings. The molecular formula is C14H15BrN4O2. The lowest BCUT2D eigenvalue weighted by molar-refractivity contribution is 0.102. The molecule has 0 atom stereocenters. The third-order valence-electron chi connectivity index (χ3n) is 2.61. The van der Waals surface area contributed by atoms with Gasteiger partial charge < -0.3 is 15.4 Å². The lowest BCUT2D eigenvalue weighted by Gasteiger charge is -2.08. The zero-order chi connectivity index (χ0) is 15.2. The number of hydrogen-bond donors (Lipinski definition) is 2. The SMILES string of the molecule is CCNc1cnc(C(=O)Nc2cc(Br)cc(OC)c2)cn1. The molecule has 0 saturated heterocycles. The molecule has 0 aliphatic rings. The Bertz CT molecular complexity index is 631. The molecule has 110 valence electrons. The van der Waals surface area contributed by atoms with E-state index in [2.05, 4.69) is 36.5 Å². The molecule has 0 unspecified atom stereocenters. The predicted molar refractivity (Wildman–Crippen MR) is 84.8 cm³/mol. The van der Waals surface area contributed by atoms with Crippen LogP contribution < -0.4 is 15.4 Å². The molecule has 21 heavy (non-hydrogen) atoms. The maximum Gasteiger partial charge on any atom is 0.275 e. The van der Waals surface area contributed by atoms with Crippen LogP contribution in [0.25, 0.3) is 0 Å². The Balaban J connectivity index is 2.12. The Hall–Kier alpha value is -2.15. The molecule has 0 radical (unpaired) electrons. The standard InChI is InChI=1S/C14H15BrN4O2/c1-3-16-13-8-17-12(7-18-13)14(20)19-10-4-9(15)5-11(6-10)21-2/h4-8H,3H2,1-2H3,(H,16,18)(H,19,20). The number of hydrogen-bond acceptors (Lipinski definition) is 5. The maximum absolute atomic E-state index is 12.1. The molecule has 2 rings (SSSR count). The van der Waals surface area contributed by atoms with Gasteiger partial charge in [-0.05, 0) is 19.1 Å². The van der Waals surface area contributed by atoms with Crippen molar-refractivity contribution in [2.24, 2.45) is 0 Å². The normalized spacial score (nSPS) is 10.0. The summed E-state index contributed by atoms with van der Waals surface area (Å²) in [5.41, 5.74) is 0.861. The minimum Gasteiger partial charge on any atom is -0.497 e. The first-order valence-corrected chi connectivity index (χ1v) is 7.13. The van der Waals surface area contributed by atoms with Crippen molar-refractivity contribution in [1.29, 1.82) is 0 Å². The molecule has 7 heteroatoms. The lowest BCUT2D eigenvalue weighted by atomic mass is 10.3. The molecule has 0 spiro atoms. The highest BCUT2D eigenvalue weighted by molar-refractivity contribution is 9.10. The van der Waals surface area contributed by atoms with E-state index in [9.17, 15) is 4.79 Å². The number of halogens is 1. The maximum atomic E-state index is 12.1. The summed E-state index contributed by atoms with van der Waals surface area (Å²) >= 11 is 3.36. The summed E-state index contributed by atoms with van der Waals surface area (Å²) in [6.45, 7) is 2.71. The molecule has 2 N–H and O–H groups in total. The van der Waals surface area contributed by atoms with Gasteiger partial charge in [0.25, 0.3) is 5.91 Å². The average molecular weight is 351 g/mol. The number of aromatic nitrogens is 2. The summed E-state index contributed by atoms with van der Waals surface area (Å²) in [5.74, 6) is 0.956. The average Bonchev–Trinajstić information content (AvgIpc) is 2.47. The van der Waals surface area contributed by atoms with E-state index in [4.69, 9.17) is 4.74 Å². The number of amides is 1. The third-order valence-corrected chi connectivity index (χ3v) is 3.07. The van der Waals surface area contributed by atoms with E-state index in [1.807, 2.05) is 6.92 Å². The van der Waals surface area contributed by atoms with E-state index in [0.717, 1.165) is 11.0 Å². The molecule has 1 aromatic carbocycles. The summed E-state index contributed by atoms with van der Waals surface area (Å²) < 4.78 is 5.96. The van der Waals surface area contributed by atoms with Crippen molar-refractivity contribution in [2.45, 2.75) is 6.92 Å². The van der Waals surface area contributed by atoms with Crippen molar-refractivity contribution in [3.8, 4) is 5.75 Å². The van der Waals surface area contributed by atoms with Crippen molar-refractivity contribution in [1.82, 2.24) is 9.97 Å². The van der Waals surface area contributed by atoms with Crippen LogP contribution in [0.15, 0.2) is 35.1 Å². The van der Waals surface area contributed by atoms with Gasteiger partial charge in [0.15, 0.2) is 0 Å². The van der Waals surface area contributed by atoms with Crippen LogP contribution in [-0.2, 0) is 0 Å². The van der Waals surface area contributed by atoms with Crippen molar-refractivity contribution in [3.05, 3.63) is 40.8 Å². The quantitative estimate of drug-likeness (QED) is 0.866. The zero-order valence-corrected chi connectivity index (χ0v) is 13.3. The molecule has 0 aliphatic carbocycles. The number of rotatable bonds is 5. The van der Waals surface area contributed by atoms with Gasteiger partial charge in [-0.3, -0.25) is 4.79 Å². The predicted octanol–water partition coefficient (Wildman–Crippen LogP) is 2.93. The Morgan fingerprint density at radius 3 is 2.71 bits per heavy atom. The van der Waals surface area contributed by atoms with Gasteiger partial charge in [-0.2, -0.15) is 0 Å². The van der Waals surface area contributed by atoms with Gasteiger partial charge >= 0.3 is 0 Å². The van der Waals surface area contributed by atoms with Gasteiger partial charge in [0.05, 0.1) is 19.5 Å². The second kappa shape index (κ2) is 7.03. The van der Waals surface area contributed by atoms with Gasteiger partial charge in [0.1, 0.15) is 17.3 Å². The third kappa shape index (κ3) is 4.16. The number of nitrogens with one attached hydrogen (secondary N) is 2. The van der Waals surface area contributed by atoms with Crippen LogP contribution in [0.4, 0.5) is 11.5 Å². The number of anilines is 2. The molecule has 1 amide bonds. The Labute approximate surface area is 131 Å². The van der Waals surface area contributed by atoms with Crippen LogP contribution >= 0.6 is 15.9 Å². The van der Waals surface area contributed by atoms with Crippen LogP contribution in [0.5, 0.6) is 5.75 Å². The van der Waals surface area contributed by atoms with Gasteiger partial charge in [-0.1, -0.05) is 15.9 Å². The first-order chi connectivity index (χ1) is 10.1. The van der Waals surface area contributed by atoms with Crippen LogP contribution in [0.2, 0.25) is 0 Å². The Kier molecular flexibility index (Phi) is 5.10. The van der Waals surface area contributed by atoms with Gasteiger partial charge in [-0.25, -0.2) is 9.97 Å². The minimum absolute atomic E-state index is 0.246. The number of methoxy groups -OCH3 is 1. The van der Waals surface area contributed by atoms with Crippen molar-refractivity contribution in [3.63, 3.8) is 0 Å². The number of ether oxygens (including phenoxy) is 1. The molecule has 0 bridgehead atoms. The highest BCUT2D eigenvalue weighted by atomic mass is 79.9. The minimum atomic E-state index is -0.328. The molecular weight excluding hydrogens is 336 g/mol. The van der Waals surface area contributed by atoms with Crippen LogP contribution in [-0.4, -0.2) is 29.5 Å². The fraction of sp³-hybridized carbons (Fsp3) is 0.214. The van der Waals surface area contributed by atoms with Gasteiger partial charge in [-0.15, -0.1) is 0 Å². The van der Waals surface area contributed by atoms with Crippen LogP contribution in [0.3, 0.4) is 0 Å². The number of nitrogens with zero attached hydrogens (tertiary/aromatic N) is 2. The summed E-state index contributed by atoms with van der Waals surface area (Å²) in [6, 6.07) is 5.31. The van der Waals surface area contributed by atoms with E-state index < -0.39 is 0 Å². The summed E-state index contributed by atoms with van der Waals surface area (Å²) in [5, 5.41) is 5.77. The first-order valence-electron chi connectivity index (χ1n) is 6.34. The molecule has 6 nitrogen and oxygen atoms in total. The molecule has 1 heterocycles. The first kappa shape index (κ1) is 15.2. The largest absolute Gasteiger partial charge is 0.497 e. The van der Waals surface area contributed by atoms with Gasteiger partial charge in [0.2, 0.25) is 0 Å². The Morgan fingerprint density at radius 2 is 2.10 bits per heavy atom. The summed E-state index contributed by atoms with van der Waals surface area (Å²) in [7, 11) is 1.57. The fourth-order valence-corrected chi connectivity index (χ4v) is 2.14. The molecule has 0 saturated carbocycles. The fourth-order valence-electron chi connectivity index (χ4n) is 1.67. The lowest BCUT2D eigenvalue weighted by Crippen LogP contribution is -2.14. The number of carbonyl (C=O) groups is 1. The second-order valence-corrected chi connectivity index (χ2v) is 5.07. The second-order valence-electron chi connectivity index (χ2n) is 4.15.